The maximum absolute atomic E-state index is 12.5. The van der Waals surface area contributed by atoms with Gasteiger partial charge in [0.1, 0.15) is 0 Å². The predicted octanol–water partition coefficient (Wildman–Crippen LogP) is 3.14. The van der Waals surface area contributed by atoms with E-state index in [9.17, 15) is 9.59 Å². The van der Waals surface area contributed by atoms with E-state index in [1.165, 1.54) is 0 Å². The van der Waals surface area contributed by atoms with Crippen LogP contribution in [0.3, 0.4) is 0 Å². The Hall–Kier alpha value is -1.84. The van der Waals surface area contributed by atoms with Gasteiger partial charge >= 0.3 is 0 Å². The van der Waals surface area contributed by atoms with Gasteiger partial charge in [0.2, 0.25) is 11.8 Å². The molecule has 0 spiro atoms. The molecule has 1 saturated carbocycles. The molecule has 4 nitrogen and oxygen atoms in total. The Morgan fingerprint density at radius 2 is 1.70 bits per heavy atom. The van der Waals surface area contributed by atoms with Crippen LogP contribution in [-0.2, 0) is 9.59 Å². The maximum Gasteiger partial charge on any atom is 0.228 e. The lowest BCUT2D eigenvalue weighted by Crippen LogP contribution is -2.39. The maximum atomic E-state index is 12.5. The van der Waals surface area contributed by atoms with E-state index in [1.54, 1.807) is 0 Å². The lowest BCUT2D eigenvalue weighted by Gasteiger charge is -2.30. The Morgan fingerprint density at radius 1 is 1.09 bits per heavy atom. The molecule has 0 aromatic heterocycles. The normalized spacial score (nSPS) is 24.4. The molecule has 2 atom stereocenters. The highest BCUT2D eigenvalue weighted by atomic mass is 16.2. The fraction of sp³-hybridized carbons (Fsp3) is 0.579. The summed E-state index contributed by atoms with van der Waals surface area (Å²) in [4.78, 5) is 26.9. The second-order valence-corrected chi connectivity index (χ2v) is 7.21. The number of carbonyl (C=O) groups is 2. The highest BCUT2D eigenvalue weighted by Gasteiger charge is 2.49. The van der Waals surface area contributed by atoms with Crippen molar-refractivity contribution in [3.63, 3.8) is 0 Å². The number of aryl methyl sites for hydroxylation is 2. The first-order chi connectivity index (χ1) is 11.0. The summed E-state index contributed by atoms with van der Waals surface area (Å²) in [7, 11) is 0. The van der Waals surface area contributed by atoms with Crippen molar-refractivity contribution < 1.29 is 9.59 Å². The number of likely N-dealkylation sites (tertiary alicyclic amines) is 1. The van der Waals surface area contributed by atoms with Crippen LogP contribution in [0.2, 0.25) is 0 Å². The van der Waals surface area contributed by atoms with Gasteiger partial charge in [-0.3, -0.25) is 9.59 Å². The second-order valence-electron chi connectivity index (χ2n) is 7.21. The highest BCUT2D eigenvalue weighted by Crippen LogP contribution is 2.41. The molecule has 1 N–H and O–H groups in total. The summed E-state index contributed by atoms with van der Waals surface area (Å²) in [5.41, 5.74) is 3.01. The van der Waals surface area contributed by atoms with Crippen molar-refractivity contribution in [3.05, 3.63) is 29.3 Å². The zero-order chi connectivity index (χ0) is 16.6. The average molecular weight is 314 g/mol. The molecule has 23 heavy (non-hydrogen) atoms. The minimum Gasteiger partial charge on any atom is -0.342 e. The quantitative estimate of drug-likeness (QED) is 0.932. The van der Waals surface area contributed by atoms with E-state index in [0.29, 0.717) is 12.3 Å². The van der Waals surface area contributed by atoms with Gasteiger partial charge in [-0.15, -0.1) is 0 Å². The van der Waals surface area contributed by atoms with Crippen molar-refractivity contribution in [1.82, 2.24) is 4.90 Å². The van der Waals surface area contributed by atoms with Crippen LogP contribution in [0, 0.1) is 31.6 Å². The molecular formula is C19H26N2O2. The standard InChI is InChI=1S/C19H26N2O2/c1-12-7-9-21(10-8-12)19(23)16-11-15(16)18(22)20-17-13(2)5-4-6-14(17)3/h4-6,12,15-16H,7-11H2,1-3H3,(H,20,22). The Balaban J connectivity index is 1.58. The summed E-state index contributed by atoms with van der Waals surface area (Å²) < 4.78 is 0. The molecule has 2 unspecified atom stereocenters. The Morgan fingerprint density at radius 3 is 2.30 bits per heavy atom. The number of hydrogen-bond acceptors (Lipinski definition) is 2. The van der Waals surface area contributed by atoms with Gasteiger partial charge in [0.25, 0.3) is 0 Å². The van der Waals surface area contributed by atoms with Crippen LogP contribution in [0.25, 0.3) is 0 Å². The lowest BCUT2D eigenvalue weighted by molar-refractivity contribution is -0.135. The van der Waals surface area contributed by atoms with Gasteiger partial charge in [0.05, 0.1) is 11.8 Å². The monoisotopic (exact) mass is 314 g/mol. The smallest absolute Gasteiger partial charge is 0.228 e. The van der Waals surface area contributed by atoms with Gasteiger partial charge in [-0.25, -0.2) is 0 Å². The molecule has 4 heteroatoms. The van der Waals surface area contributed by atoms with E-state index in [4.69, 9.17) is 0 Å². The third-order valence-corrected chi connectivity index (χ3v) is 5.27. The number of carbonyl (C=O) groups excluding carboxylic acids is 2. The molecule has 0 radical (unpaired) electrons. The van der Waals surface area contributed by atoms with Crippen LogP contribution in [0.1, 0.15) is 37.3 Å². The topological polar surface area (TPSA) is 49.4 Å². The summed E-state index contributed by atoms with van der Waals surface area (Å²) >= 11 is 0. The summed E-state index contributed by atoms with van der Waals surface area (Å²) in [6, 6.07) is 5.97. The van der Waals surface area contributed by atoms with Crippen molar-refractivity contribution >= 4 is 17.5 Å². The number of piperidine rings is 1. The fourth-order valence-corrected chi connectivity index (χ4v) is 3.45. The zero-order valence-electron chi connectivity index (χ0n) is 14.3. The molecule has 1 saturated heterocycles. The molecule has 3 rings (SSSR count). The van der Waals surface area contributed by atoms with E-state index in [2.05, 4.69) is 12.2 Å². The summed E-state index contributed by atoms with van der Waals surface area (Å²) in [5.74, 6) is 0.625. The van der Waals surface area contributed by atoms with Crippen LogP contribution in [0.15, 0.2) is 18.2 Å². The molecule has 1 aliphatic heterocycles. The highest BCUT2D eigenvalue weighted by molar-refractivity contribution is 6.00. The fourth-order valence-electron chi connectivity index (χ4n) is 3.45. The van der Waals surface area contributed by atoms with Gasteiger partial charge < -0.3 is 10.2 Å². The predicted molar refractivity (Wildman–Crippen MR) is 91.1 cm³/mol. The third-order valence-electron chi connectivity index (χ3n) is 5.27. The molecule has 1 aliphatic carbocycles. The van der Waals surface area contributed by atoms with Crippen molar-refractivity contribution in [1.29, 1.82) is 0 Å². The van der Waals surface area contributed by atoms with Crippen molar-refractivity contribution in [2.45, 2.75) is 40.0 Å². The number of benzene rings is 1. The minimum absolute atomic E-state index is 0.00822. The minimum atomic E-state index is -0.152. The number of nitrogens with zero attached hydrogens (tertiary/aromatic N) is 1. The number of amides is 2. The average Bonchev–Trinajstić information content (AvgIpc) is 3.32. The van der Waals surface area contributed by atoms with Gasteiger partial charge in [-0.1, -0.05) is 25.1 Å². The van der Waals surface area contributed by atoms with Crippen LogP contribution in [0.4, 0.5) is 5.69 Å². The number of anilines is 1. The molecule has 2 fully saturated rings. The van der Waals surface area contributed by atoms with Gasteiger partial charge in [0, 0.05) is 18.8 Å². The SMILES string of the molecule is Cc1cccc(C)c1NC(=O)C1CC1C(=O)N1CCC(C)CC1. The van der Waals surface area contributed by atoms with Crippen molar-refractivity contribution in [2.24, 2.45) is 17.8 Å². The first-order valence-electron chi connectivity index (χ1n) is 8.63. The molecule has 2 amide bonds. The van der Waals surface area contributed by atoms with Crippen molar-refractivity contribution in [3.8, 4) is 0 Å². The number of hydrogen-bond donors (Lipinski definition) is 1. The Labute approximate surface area is 138 Å². The Kier molecular flexibility index (Phi) is 4.42. The number of nitrogens with one attached hydrogen (secondary N) is 1. The van der Waals surface area contributed by atoms with Gasteiger partial charge in [-0.2, -0.15) is 0 Å². The summed E-state index contributed by atoms with van der Waals surface area (Å²) in [6.07, 6.45) is 2.86. The first kappa shape index (κ1) is 16.0. The van der Waals surface area contributed by atoms with E-state index in [0.717, 1.165) is 42.7 Å². The van der Waals surface area contributed by atoms with Gasteiger partial charge in [0.15, 0.2) is 0 Å². The number of para-hydroxylation sites is 1. The number of rotatable bonds is 3. The van der Waals surface area contributed by atoms with Crippen LogP contribution >= 0.6 is 0 Å². The largest absolute Gasteiger partial charge is 0.342 e. The van der Waals surface area contributed by atoms with E-state index in [-0.39, 0.29) is 23.7 Å². The van der Waals surface area contributed by atoms with Gasteiger partial charge in [-0.05, 0) is 50.2 Å². The summed E-state index contributed by atoms with van der Waals surface area (Å²) in [6.45, 7) is 7.92. The van der Waals surface area contributed by atoms with Crippen LogP contribution < -0.4 is 5.32 Å². The van der Waals surface area contributed by atoms with Crippen molar-refractivity contribution in [2.75, 3.05) is 18.4 Å². The molecule has 2 aliphatic rings. The molecule has 0 bridgehead atoms. The van der Waals surface area contributed by atoms with E-state index < -0.39 is 0 Å². The lowest BCUT2D eigenvalue weighted by atomic mass is 9.99. The molecule has 1 aromatic rings. The third kappa shape index (κ3) is 3.41. The van der Waals surface area contributed by atoms with Crippen LogP contribution in [-0.4, -0.2) is 29.8 Å². The summed E-state index contributed by atoms with van der Waals surface area (Å²) in [5, 5.41) is 3.03. The molecule has 1 heterocycles. The Bertz CT molecular complexity index is 598. The molecule has 124 valence electrons. The molecule has 1 aromatic carbocycles. The van der Waals surface area contributed by atoms with Crippen LogP contribution in [0.5, 0.6) is 0 Å². The molecular weight excluding hydrogens is 288 g/mol. The van der Waals surface area contributed by atoms with E-state index >= 15 is 0 Å². The second kappa shape index (κ2) is 6.34. The zero-order valence-corrected chi connectivity index (χ0v) is 14.3. The first-order valence-corrected chi connectivity index (χ1v) is 8.63. The van der Waals surface area contributed by atoms with E-state index in [1.807, 2.05) is 36.9 Å².